The summed E-state index contributed by atoms with van der Waals surface area (Å²) in [4.78, 5) is 24.6. The molecule has 0 fully saturated rings. The molecular formula is C21H27NO4. The van der Waals surface area contributed by atoms with Crippen molar-refractivity contribution in [3.63, 3.8) is 0 Å². The van der Waals surface area contributed by atoms with Crippen LogP contribution in [0.4, 0.5) is 0 Å². The summed E-state index contributed by atoms with van der Waals surface area (Å²) in [7, 11) is 0. The van der Waals surface area contributed by atoms with E-state index in [9.17, 15) is 9.59 Å². The molecule has 0 aliphatic carbocycles. The highest BCUT2D eigenvalue weighted by molar-refractivity contribution is 6.00. The lowest BCUT2D eigenvalue weighted by Gasteiger charge is -2.11. The van der Waals surface area contributed by atoms with Crippen LogP contribution >= 0.6 is 0 Å². The van der Waals surface area contributed by atoms with Crippen LogP contribution in [0.15, 0.2) is 30.3 Å². The molecule has 0 bridgehead atoms. The normalized spacial score (nSPS) is 11.0. The third kappa shape index (κ3) is 4.82. The largest absolute Gasteiger partial charge is 0.454 e. The molecule has 0 aliphatic heterocycles. The van der Waals surface area contributed by atoms with Crippen LogP contribution in [0.5, 0.6) is 0 Å². The van der Waals surface area contributed by atoms with Gasteiger partial charge in [-0.2, -0.15) is 0 Å². The van der Waals surface area contributed by atoms with Crippen LogP contribution in [0.25, 0.3) is 0 Å². The molecule has 0 radical (unpaired) electrons. The molecule has 2 rings (SSSR count). The van der Waals surface area contributed by atoms with Gasteiger partial charge < -0.3 is 14.4 Å². The number of aliphatic hydroxyl groups is 1. The summed E-state index contributed by atoms with van der Waals surface area (Å²) in [6.07, 6.45) is 1.04. The lowest BCUT2D eigenvalue weighted by Crippen LogP contribution is -2.15. The van der Waals surface area contributed by atoms with Gasteiger partial charge in [-0.1, -0.05) is 26.0 Å². The summed E-state index contributed by atoms with van der Waals surface area (Å²) >= 11 is 0. The zero-order valence-corrected chi connectivity index (χ0v) is 15.9. The summed E-state index contributed by atoms with van der Waals surface area (Å²) in [5, 5.41) is 9.03. The standard InChI is InChI=1S/C21H27NO4/c1-14(2)9-10-22-15(3)11-19(16(22)4)20(24)13-26-21(25)18-7-5-17(12-23)6-8-18/h5-8,11,14,23H,9-10,12-13H2,1-4H3. The lowest BCUT2D eigenvalue weighted by atomic mass is 10.1. The fourth-order valence-electron chi connectivity index (χ4n) is 2.85. The van der Waals surface area contributed by atoms with Gasteiger partial charge in [0.1, 0.15) is 0 Å². The van der Waals surface area contributed by atoms with Crippen LogP contribution in [0.2, 0.25) is 0 Å². The molecule has 0 atom stereocenters. The molecule has 26 heavy (non-hydrogen) atoms. The maximum Gasteiger partial charge on any atom is 0.338 e. The summed E-state index contributed by atoms with van der Waals surface area (Å²) in [6.45, 7) is 8.77. The van der Waals surface area contributed by atoms with Crippen molar-refractivity contribution in [3.8, 4) is 0 Å². The molecule has 0 saturated carbocycles. The summed E-state index contributed by atoms with van der Waals surface area (Å²) < 4.78 is 7.30. The Balaban J connectivity index is 2.01. The van der Waals surface area contributed by atoms with E-state index in [1.54, 1.807) is 24.3 Å². The molecule has 0 saturated heterocycles. The van der Waals surface area contributed by atoms with Gasteiger partial charge in [-0.3, -0.25) is 4.79 Å². The molecule has 0 unspecified atom stereocenters. The molecule has 1 aromatic carbocycles. The average molecular weight is 357 g/mol. The number of carbonyl (C=O) groups is 2. The third-order valence-electron chi connectivity index (χ3n) is 4.51. The van der Waals surface area contributed by atoms with E-state index in [1.165, 1.54) is 0 Å². The highest BCUT2D eigenvalue weighted by Crippen LogP contribution is 2.18. The van der Waals surface area contributed by atoms with Crippen LogP contribution in [0.1, 0.15) is 57.9 Å². The van der Waals surface area contributed by atoms with E-state index in [1.807, 2.05) is 19.9 Å². The van der Waals surface area contributed by atoms with E-state index >= 15 is 0 Å². The van der Waals surface area contributed by atoms with E-state index in [-0.39, 0.29) is 19.0 Å². The molecule has 5 nitrogen and oxygen atoms in total. The first-order valence-corrected chi connectivity index (χ1v) is 8.90. The van der Waals surface area contributed by atoms with Gasteiger partial charge in [-0.05, 0) is 49.9 Å². The Bertz CT molecular complexity index is 772. The van der Waals surface area contributed by atoms with E-state index in [2.05, 4.69) is 18.4 Å². The second-order valence-electron chi connectivity index (χ2n) is 6.97. The van der Waals surface area contributed by atoms with Crippen molar-refractivity contribution in [2.45, 2.75) is 47.3 Å². The molecule has 0 spiro atoms. The number of carbonyl (C=O) groups excluding carboxylic acids is 2. The van der Waals surface area contributed by atoms with Crippen LogP contribution in [-0.2, 0) is 17.9 Å². The van der Waals surface area contributed by atoms with Gasteiger partial charge in [0.2, 0.25) is 5.78 Å². The predicted octanol–water partition coefficient (Wildman–Crippen LogP) is 3.68. The first kappa shape index (κ1) is 19.9. The van der Waals surface area contributed by atoms with Gasteiger partial charge in [-0.25, -0.2) is 4.79 Å². The number of hydrogen-bond donors (Lipinski definition) is 1. The predicted molar refractivity (Wildman–Crippen MR) is 100 cm³/mol. The fourth-order valence-corrected chi connectivity index (χ4v) is 2.85. The van der Waals surface area contributed by atoms with Gasteiger partial charge >= 0.3 is 5.97 Å². The van der Waals surface area contributed by atoms with Crippen molar-refractivity contribution in [3.05, 3.63) is 58.4 Å². The topological polar surface area (TPSA) is 68.5 Å². The number of esters is 1. The van der Waals surface area contributed by atoms with E-state index < -0.39 is 5.97 Å². The quantitative estimate of drug-likeness (QED) is 0.578. The molecule has 1 heterocycles. The lowest BCUT2D eigenvalue weighted by molar-refractivity contribution is 0.0474. The summed E-state index contributed by atoms with van der Waals surface area (Å²) in [5.41, 5.74) is 3.63. The highest BCUT2D eigenvalue weighted by Gasteiger charge is 2.18. The minimum absolute atomic E-state index is 0.0831. The zero-order chi connectivity index (χ0) is 19.3. The molecule has 140 valence electrons. The van der Waals surface area contributed by atoms with E-state index in [4.69, 9.17) is 9.84 Å². The summed E-state index contributed by atoms with van der Waals surface area (Å²) in [6, 6.07) is 8.33. The number of benzene rings is 1. The van der Waals surface area contributed by atoms with Crippen LogP contribution in [0, 0.1) is 19.8 Å². The van der Waals surface area contributed by atoms with Crippen LogP contribution in [-0.4, -0.2) is 28.0 Å². The van der Waals surface area contributed by atoms with E-state index in [0.29, 0.717) is 22.6 Å². The Morgan fingerprint density at radius 2 is 1.81 bits per heavy atom. The van der Waals surface area contributed by atoms with Gasteiger partial charge in [0.05, 0.1) is 12.2 Å². The number of ether oxygens (including phenoxy) is 1. The number of aromatic nitrogens is 1. The first-order chi connectivity index (χ1) is 12.3. The number of Topliss-reactive ketones (excluding diaryl/α,β-unsaturated/α-hetero) is 1. The molecule has 0 aliphatic rings. The molecule has 5 heteroatoms. The fraction of sp³-hybridized carbons (Fsp3) is 0.429. The Morgan fingerprint density at radius 3 is 2.38 bits per heavy atom. The van der Waals surface area contributed by atoms with Crippen molar-refractivity contribution < 1.29 is 19.4 Å². The van der Waals surface area contributed by atoms with Gasteiger partial charge in [-0.15, -0.1) is 0 Å². The first-order valence-electron chi connectivity index (χ1n) is 8.90. The minimum atomic E-state index is -0.545. The Hall–Kier alpha value is -2.40. The molecule has 1 N–H and O–H groups in total. The monoisotopic (exact) mass is 357 g/mol. The molecule has 0 amide bonds. The number of ketones is 1. The van der Waals surface area contributed by atoms with Crippen molar-refractivity contribution in [2.75, 3.05) is 6.61 Å². The highest BCUT2D eigenvalue weighted by atomic mass is 16.5. The average Bonchev–Trinajstić information content (AvgIpc) is 2.91. The molecule has 2 aromatic rings. The summed E-state index contributed by atoms with van der Waals surface area (Å²) in [5.74, 6) is -0.154. The van der Waals surface area contributed by atoms with Crippen molar-refractivity contribution in [1.82, 2.24) is 4.57 Å². The maximum absolute atomic E-state index is 12.5. The Labute approximate surface area is 154 Å². The zero-order valence-electron chi connectivity index (χ0n) is 15.9. The van der Waals surface area contributed by atoms with Gasteiger partial charge in [0.15, 0.2) is 6.61 Å². The molecule has 1 aromatic heterocycles. The third-order valence-corrected chi connectivity index (χ3v) is 4.51. The van der Waals surface area contributed by atoms with Crippen molar-refractivity contribution in [1.29, 1.82) is 0 Å². The van der Waals surface area contributed by atoms with Crippen molar-refractivity contribution in [2.24, 2.45) is 5.92 Å². The van der Waals surface area contributed by atoms with Gasteiger partial charge in [0, 0.05) is 23.5 Å². The number of nitrogens with zero attached hydrogens (tertiary/aromatic N) is 1. The van der Waals surface area contributed by atoms with Gasteiger partial charge in [0.25, 0.3) is 0 Å². The second-order valence-corrected chi connectivity index (χ2v) is 6.97. The molecular weight excluding hydrogens is 330 g/mol. The van der Waals surface area contributed by atoms with Crippen LogP contribution < -0.4 is 0 Å². The number of hydrogen-bond acceptors (Lipinski definition) is 4. The van der Waals surface area contributed by atoms with Crippen molar-refractivity contribution >= 4 is 11.8 Å². The van der Waals surface area contributed by atoms with E-state index in [0.717, 1.165) is 24.4 Å². The SMILES string of the molecule is Cc1cc(C(=O)COC(=O)c2ccc(CO)cc2)c(C)n1CCC(C)C. The number of aryl methyl sites for hydroxylation is 1. The number of rotatable bonds is 8. The second kappa shape index (κ2) is 8.81. The smallest absolute Gasteiger partial charge is 0.338 e. The van der Waals surface area contributed by atoms with Crippen LogP contribution in [0.3, 0.4) is 0 Å². The Kier molecular flexibility index (Phi) is 6.75. The maximum atomic E-state index is 12.5. The number of aliphatic hydroxyl groups excluding tert-OH is 1. The minimum Gasteiger partial charge on any atom is -0.454 e. The Morgan fingerprint density at radius 1 is 1.15 bits per heavy atom.